The number of hydrogen-bond acceptors (Lipinski definition) is 6. The largest absolute Gasteiger partial charge is 0.369 e. The van der Waals surface area contributed by atoms with E-state index in [1.54, 1.807) is 11.2 Å². The van der Waals surface area contributed by atoms with Gasteiger partial charge < -0.3 is 4.90 Å². The lowest BCUT2D eigenvalue weighted by Gasteiger charge is -2.36. The van der Waals surface area contributed by atoms with E-state index in [4.69, 9.17) is 15.3 Å². The molecule has 0 aliphatic heterocycles. The second kappa shape index (κ2) is 15.2. The lowest BCUT2D eigenvalue weighted by molar-refractivity contribution is 0.451. The minimum absolute atomic E-state index is 0.195. The van der Waals surface area contributed by atoms with E-state index < -0.39 is 5.54 Å². The number of aromatic amines is 1. The molecule has 52 heavy (non-hydrogen) atoms. The molecule has 0 bridgehead atoms. The van der Waals surface area contributed by atoms with Crippen molar-refractivity contribution in [3.05, 3.63) is 183 Å². The summed E-state index contributed by atoms with van der Waals surface area (Å²) in [5.74, 6) is 0.885. The van der Waals surface area contributed by atoms with Gasteiger partial charge in [-0.25, -0.2) is 14.7 Å². The van der Waals surface area contributed by atoms with Crippen molar-refractivity contribution < 1.29 is 0 Å². The number of H-pyrrole nitrogens is 1. The van der Waals surface area contributed by atoms with Crippen molar-refractivity contribution in [2.45, 2.75) is 31.7 Å². The molecule has 0 amide bonds. The molecule has 0 unspecified atom stereocenters. The number of aryl methyl sites for hydroxylation is 1. The first-order valence-electron chi connectivity index (χ1n) is 17.5. The summed E-state index contributed by atoms with van der Waals surface area (Å²) in [6.45, 7) is 2.08. The molecule has 7 aromatic rings. The van der Waals surface area contributed by atoms with Crippen molar-refractivity contribution in [3.8, 4) is 22.5 Å². The van der Waals surface area contributed by atoms with Gasteiger partial charge >= 0.3 is 0 Å². The second-order valence-electron chi connectivity index (χ2n) is 12.9. The quantitative estimate of drug-likeness (QED) is 0.0804. The standard InChI is InChI=1S/C43H40N8O/c1-4-17-39-38(41(52)46-42(45-39)44-30-50(2)3)29-31-26-27-36(32-18-9-5-10-19-32)37(28-31)40-47-48-49-51(40)43(33-20-11-6-12-21-33,34-22-13-7-14-23-34)35-24-15-8-16-25-35/h5-16,18-28,30H,4,17,29H2,1-3H3,(H,45,46,52). The zero-order chi connectivity index (χ0) is 35.9. The summed E-state index contributed by atoms with van der Waals surface area (Å²) in [5.41, 5.74) is 7.05. The lowest BCUT2D eigenvalue weighted by Crippen LogP contribution is -2.39. The summed E-state index contributed by atoms with van der Waals surface area (Å²) in [6, 6.07) is 47.6. The Morgan fingerprint density at radius 2 is 1.35 bits per heavy atom. The van der Waals surface area contributed by atoms with Crippen molar-refractivity contribution in [1.82, 2.24) is 35.1 Å². The van der Waals surface area contributed by atoms with Crippen LogP contribution in [-0.4, -0.2) is 55.5 Å². The third-order valence-electron chi connectivity index (χ3n) is 9.14. The van der Waals surface area contributed by atoms with Crippen LogP contribution in [0.25, 0.3) is 22.5 Å². The van der Waals surface area contributed by atoms with Gasteiger partial charge in [-0.2, -0.15) is 0 Å². The molecule has 0 aliphatic carbocycles. The van der Waals surface area contributed by atoms with Gasteiger partial charge in [-0.05, 0) is 56.3 Å². The van der Waals surface area contributed by atoms with Crippen LogP contribution in [0, 0.1) is 0 Å². The number of rotatable bonds is 12. The fourth-order valence-electron chi connectivity index (χ4n) is 6.83. The van der Waals surface area contributed by atoms with E-state index in [2.05, 4.69) is 88.8 Å². The zero-order valence-corrected chi connectivity index (χ0v) is 29.5. The predicted octanol–water partition coefficient (Wildman–Crippen LogP) is 7.70. The highest BCUT2D eigenvalue weighted by Crippen LogP contribution is 2.43. The fraction of sp³-hybridized carbons (Fsp3) is 0.163. The number of nitrogens with one attached hydrogen (secondary N) is 1. The number of hydrogen-bond donors (Lipinski definition) is 1. The second-order valence-corrected chi connectivity index (χ2v) is 12.9. The van der Waals surface area contributed by atoms with Crippen molar-refractivity contribution in [2.24, 2.45) is 4.99 Å². The average Bonchev–Trinajstić information content (AvgIpc) is 3.67. The van der Waals surface area contributed by atoms with E-state index in [0.29, 0.717) is 30.2 Å². The molecule has 5 aromatic carbocycles. The van der Waals surface area contributed by atoms with Crippen LogP contribution >= 0.6 is 0 Å². The Kier molecular flexibility index (Phi) is 9.93. The fourth-order valence-corrected chi connectivity index (χ4v) is 6.83. The summed E-state index contributed by atoms with van der Waals surface area (Å²) in [5, 5.41) is 13.9. The first-order valence-corrected chi connectivity index (χ1v) is 17.5. The van der Waals surface area contributed by atoms with E-state index in [0.717, 1.165) is 51.1 Å². The number of tetrazole rings is 1. The van der Waals surface area contributed by atoms with E-state index in [1.165, 1.54) is 0 Å². The van der Waals surface area contributed by atoms with Crippen molar-refractivity contribution in [1.29, 1.82) is 0 Å². The van der Waals surface area contributed by atoms with E-state index >= 15 is 0 Å². The Morgan fingerprint density at radius 3 is 1.90 bits per heavy atom. The van der Waals surface area contributed by atoms with Gasteiger partial charge in [0.05, 0.1) is 12.0 Å². The van der Waals surface area contributed by atoms with Gasteiger partial charge in [-0.1, -0.05) is 147 Å². The van der Waals surface area contributed by atoms with Crippen LogP contribution in [0.3, 0.4) is 0 Å². The average molecular weight is 685 g/mol. The molecular weight excluding hydrogens is 645 g/mol. The highest BCUT2D eigenvalue weighted by molar-refractivity contribution is 5.81. The summed E-state index contributed by atoms with van der Waals surface area (Å²) in [7, 11) is 3.75. The van der Waals surface area contributed by atoms with Gasteiger partial charge in [0.25, 0.3) is 5.56 Å². The molecule has 0 saturated heterocycles. The van der Waals surface area contributed by atoms with Crippen LogP contribution in [0.1, 0.15) is 46.9 Å². The predicted molar refractivity (Wildman–Crippen MR) is 207 cm³/mol. The Bertz CT molecular complexity index is 2240. The molecule has 0 saturated carbocycles. The molecule has 2 aromatic heterocycles. The van der Waals surface area contributed by atoms with E-state index in [1.807, 2.05) is 91.6 Å². The van der Waals surface area contributed by atoms with Gasteiger partial charge in [0, 0.05) is 31.6 Å². The monoisotopic (exact) mass is 684 g/mol. The number of aromatic nitrogens is 6. The SMILES string of the molecule is CCCc1nc(N=CN(C)C)[nH]c(=O)c1Cc1ccc(-c2ccccc2)c(-c2nnnn2C(c2ccccc2)(c2ccccc2)c2ccccc2)c1. The van der Waals surface area contributed by atoms with Crippen molar-refractivity contribution in [3.63, 3.8) is 0 Å². The molecule has 0 aliphatic rings. The maximum atomic E-state index is 13.6. The molecule has 1 N–H and O–H groups in total. The summed E-state index contributed by atoms with van der Waals surface area (Å²) < 4.78 is 1.95. The Balaban J connectivity index is 1.46. The maximum Gasteiger partial charge on any atom is 0.256 e. The Hall–Kier alpha value is -6.48. The van der Waals surface area contributed by atoms with Crippen LogP contribution in [0.5, 0.6) is 0 Å². The van der Waals surface area contributed by atoms with Gasteiger partial charge in [0.15, 0.2) is 5.82 Å². The van der Waals surface area contributed by atoms with Crippen LogP contribution in [0.4, 0.5) is 5.95 Å². The van der Waals surface area contributed by atoms with Crippen LogP contribution in [-0.2, 0) is 18.4 Å². The molecule has 0 atom stereocenters. The number of nitrogens with zero attached hydrogens (tertiary/aromatic N) is 7. The molecule has 9 nitrogen and oxygen atoms in total. The Morgan fingerprint density at radius 1 is 0.769 bits per heavy atom. The summed E-state index contributed by atoms with van der Waals surface area (Å²) in [4.78, 5) is 27.4. The first kappa shape index (κ1) is 34.0. The summed E-state index contributed by atoms with van der Waals surface area (Å²) in [6.07, 6.45) is 3.51. The van der Waals surface area contributed by atoms with Gasteiger partial charge in [-0.15, -0.1) is 5.10 Å². The van der Waals surface area contributed by atoms with Crippen molar-refractivity contribution >= 4 is 12.3 Å². The minimum Gasteiger partial charge on any atom is -0.369 e. The zero-order valence-electron chi connectivity index (χ0n) is 29.5. The van der Waals surface area contributed by atoms with Crippen LogP contribution in [0.2, 0.25) is 0 Å². The van der Waals surface area contributed by atoms with Crippen molar-refractivity contribution in [2.75, 3.05) is 14.1 Å². The normalized spacial score (nSPS) is 11.6. The van der Waals surface area contributed by atoms with Crippen LogP contribution in [0.15, 0.2) is 149 Å². The van der Waals surface area contributed by atoms with Crippen LogP contribution < -0.4 is 5.56 Å². The Labute approximate surface area is 303 Å². The lowest BCUT2D eigenvalue weighted by atomic mass is 9.76. The molecule has 0 spiro atoms. The molecule has 2 heterocycles. The van der Waals surface area contributed by atoms with Gasteiger partial charge in [0.2, 0.25) is 5.95 Å². The molecule has 258 valence electrons. The highest BCUT2D eigenvalue weighted by atomic mass is 16.1. The van der Waals surface area contributed by atoms with E-state index in [-0.39, 0.29) is 5.56 Å². The number of benzene rings is 5. The smallest absolute Gasteiger partial charge is 0.256 e. The topological polar surface area (TPSA) is 105 Å². The van der Waals surface area contributed by atoms with E-state index in [9.17, 15) is 4.79 Å². The summed E-state index contributed by atoms with van der Waals surface area (Å²) >= 11 is 0. The maximum absolute atomic E-state index is 13.6. The number of aliphatic imine (C=N–C) groups is 1. The highest BCUT2D eigenvalue weighted by Gasteiger charge is 2.42. The molecular formula is C43H40N8O. The van der Waals surface area contributed by atoms with Gasteiger partial charge in [-0.3, -0.25) is 9.78 Å². The molecule has 0 radical (unpaired) electrons. The minimum atomic E-state index is -0.926. The third-order valence-corrected chi connectivity index (χ3v) is 9.14. The third kappa shape index (κ3) is 6.68. The molecule has 0 fully saturated rings. The molecule has 7 rings (SSSR count). The van der Waals surface area contributed by atoms with Gasteiger partial charge in [0.1, 0.15) is 5.54 Å². The molecule has 9 heteroatoms. The first-order chi connectivity index (χ1) is 25.5.